The van der Waals surface area contributed by atoms with E-state index >= 15 is 0 Å². The Labute approximate surface area is 93.7 Å². The molecule has 0 spiro atoms. The van der Waals surface area contributed by atoms with Gasteiger partial charge in [0, 0.05) is 12.6 Å². The molecule has 0 amide bonds. The minimum Gasteiger partial charge on any atom is -0.377 e. The van der Waals surface area contributed by atoms with Gasteiger partial charge in [-0.15, -0.1) is 0 Å². The largest absolute Gasteiger partial charge is 0.377 e. The van der Waals surface area contributed by atoms with Gasteiger partial charge in [-0.1, -0.05) is 13.8 Å². The molecule has 2 atom stereocenters. The van der Waals surface area contributed by atoms with Gasteiger partial charge in [0.1, 0.15) is 0 Å². The molecule has 90 valence electrons. The maximum atomic E-state index is 5.81. The van der Waals surface area contributed by atoms with Crippen LogP contribution in [0.1, 0.15) is 46.5 Å². The monoisotopic (exact) mass is 214 g/mol. The Balaban J connectivity index is 2.37. The molecule has 1 aliphatic rings. The van der Waals surface area contributed by atoms with Crippen molar-refractivity contribution in [1.29, 1.82) is 0 Å². The zero-order valence-corrected chi connectivity index (χ0v) is 10.3. The summed E-state index contributed by atoms with van der Waals surface area (Å²) in [5.41, 5.74) is 2.94. The minimum absolute atomic E-state index is 0.332. The molecule has 1 saturated carbocycles. The fraction of sp³-hybridized carbons (Fsp3) is 1.00. The summed E-state index contributed by atoms with van der Waals surface area (Å²) < 4.78 is 5.81. The van der Waals surface area contributed by atoms with E-state index in [1.807, 2.05) is 0 Å². The number of rotatable bonds is 8. The van der Waals surface area contributed by atoms with E-state index in [9.17, 15) is 0 Å². The Hall–Kier alpha value is -0.120. The molecule has 0 radical (unpaired) electrons. The van der Waals surface area contributed by atoms with Crippen LogP contribution in [-0.2, 0) is 4.74 Å². The van der Waals surface area contributed by atoms with E-state index in [-0.39, 0.29) is 0 Å². The van der Waals surface area contributed by atoms with Crippen LogP contribution in [0, 0.1) is 11.8 Å². The van der Waals surface area contributed by atoms with E-state index in [0.717, 1.165) is 24.9 Å². The molecule has 1 fully saturated rings. The standard InChI is InChI=1S/C12H26N2O/c1-4-15-12(10-6-7-10)11(14-13)8-5-9(2)3/h9-12,14H,4-8,13H2,1-3H3. The molecule has 0 saturated heterocycles. The van der Waals surface area contributed by atoms with Crippen LogP contribution in [0.25, 0.3) is 0 Å². The summed E-state index contributed by atoms with van der Waals surface area (Å²) in [6.45, 7) is 7.35. The number of nitrogens with one attached hydrogen (secondary N) is 1. The molecule has 3 nitrogen and oxygen atoms in total. The summed E-state index contributed by atoms with van der Waals surface area (Å²) in [4.78, 5) is 0. The van der Waals surface area contributed by atoms with Crippen molar-refractivity contribution in [3.05, 3.63) is 0 Å². The minimum atomic E-state index is 0.332. The van der Waals surface area contributed by atoms with Gasteiger partial charge in [-0.2, -0.15) is 0 Å². The highest BCUT2D eigenvalue weighted by Gasteiger charge is 2.36. The van der Waals surface area contributed by atoms with Gasteiger partial charge in [-0.25, -0.2) is 0 Å². The predicted molar refractivity (Wildman–Crippen MR) is 63.3 cm³/mol. The first-order valence-corrected chi connectivity index (χ1v) is 6.26. The summed E-state index contributed by atoms with van der Waals surface area (Å²) in [5.74, 6) is 7.11. The van der Waals surface area contributed by atoms with E-state index in [0.29, 0.717) is 12.1 Å². The highest BCUT2D eigenvalue weighted by atomic mass is 16.5. The lowest BCUT2D eigenvalue weighted by Crippen LogP contribution is -2.46. The second-order valence-corrected chi connectivity index (χ2v) is 5.00. The summed E-state index contributed by atoms with van der Waals surface area (Å²) in [6, 6.07) is 0.333. The molecule has 0 aromatic heterocycles. The molecule has 1 aliphatic carbocycles. The highest BCUT2D eigenvalue weighted by molar-refractivity contribution is 4.89. The van der Waals surface area contributed by atoms with Gasteiger partial charge >= 0.3 is 0 Å². The van der Waals surface area contributed by atoms with Crippen LogP contribution in [0.5, 0.6) is 0 Å². The smallest absolute Gasteiger partial charge is 0.0769 e. The average molecular weight is 214 g/mol. The van der Waals surface area contributed by atoms with Crippen molar-refractivity contribution in [3.8, 4) is 0 Å². The van der Waals surface area contributed by atoms with Gasteiger partial charge in [0.05, 0.1) is 6.10 Å². The van der Waals surface area contributed by atoms with Crippen molar-refractivity contribution < 1.29 is 4.74 Å². The second-order valence-electron chi connectivity index (χ2n) is 5.00. The first-order chi connectivity index (χ1) is 7.19. The zero-order chi connectivity index (χ0) is 11.3. The molecule has 2 unspecified atom stereocenters. The Kier molecular flexibility index (Phi) is 5.58. The Morgan fingerprint density at radius 1 is 1.33 bits per heavy atom. The van der Waals surface area contributed by atoms with Crippen molar-refractivity contribution >= 4 is 0 Å². The third-order valence-corrected chi connectivity index (χ3v) is 3.11. The molecule has 15 heavy (non-hydrogen) atoms. The normalized spacial score (nSPS) is 20.6. The lowest BCUT2D eigenvalue weighted by molar-refractivity contribution is 0.0157. The van der Waals surface area contributed by atoms with Gasteiger partial charge in [-0.3, -0.25) is 11.3 Å². The molecular weight excluding hydrogens is 188 g/mol. The van der Waals surface area contributed by atoms with Gasteiger partial charge in [0.2, 0.25) is 0 Å². The maximum Gasteiger partial charge on any atom is 0.0769 e. The van der Waals surface area contributed by atoms with Gasteiger partial charge in [0.25, 0.3) is 0 Å². The number of ether oxygens (including phenoxy) is 1. The lowest BCUT2D eigenvalue weighted by atomic mass is 9.97. The van der Waals surface area contributed by atoms with Crippen molar-refractivity contribution in [2.45, 2.75) is 58.6 Å². The van der Waals surface area contributed by atoms with E-state index < -0.39 is 0 Å². The van der Waals surface area contributed by atoms with E-state index in [1.165, 1.54) is 19.3 Å². The van der Waals surface area contributed by atoms with Crippen LogP contribution in [0.4, 0.5) is 0 Å². The SMILES string of the molecule is CCOC(C1CC1)C(CCC(C)C)NN. The van der Waals surface area contributed by atoms with Crippen molar-refractivity contribution in [3.63, 3.8) is 0 Å². The second kappa shape index (κ2) is 6.46. The van der Waals surface area contributed by atoms with Crippen LogP contribution in [0.15, 0.2) is 0 Å². The van der Waals surface area contributed by atoms with Crippen LogP contribution in [0.3, 0.4) is 0 Å². The van der Waals surface area contributed by atoms with Gasteiger partial charge < -0.3 is 4.74 Å². The first kappa shape index (κ1) is 12.9. The highest BCUT2D eigenvalue weighted by Crippen LogP contribution is 2.36. The fourth-order valence-electron chi connectivity index (χ4n) is 2.05. The molecule has 0 bridgehead atoms. The molecule has 0 heterocycles. The Morgan fingerprint density at radius 3 is 2.40 bits per heavy atom. The predicted octanol–water partition coefficient (Wildman–Crippen LogP) is 2.07. The molecule has 0 aromatic rings. The molecular formula is C12H26N2O. The van der Waals surface area contributed by atoms with E-state index in [4.69, 9.17) is 10.6 Å². The summed E-state index contributed by atoms with van der Waals surface area (Å²) >= 11 is 0. The van der Waals surface area contributed by atoms with Gasteiger partial charge in [-0.05, 0) is 44.4 Å². The number of hydrazine groups is 1. The average Bonchev–Trinajstić information content (AvgIpc) is 3.00. The molecule has 0 aliphatic heterocycles. The topological polar surface area (TPSA) is 47.3 Å². The fourth-order valence-corrected chi connectivity index (χ4v) is 2.05. The van der Waals surface area contributed by atoms with Crippen LogP contribution in [0.2, 0.25) is 0 Å². The van der Waals surface area contributed by atoms with Gasteiger partial charge in [0.15, 0.2) is 0 Å². The molecule has 3 N–H and O–H groups in total. The third kappa shape index (κ3) is 4.49. The van der Waals surface area contributed by atoms with Crippen LogP contribution in [-0.4, -0.2) is 18.8 Å². The molecule has 3 heteroatoms. The van der Waals surface area contributed by atoms with Crippen molar-refractivity contribution in [1.82, 2.24) is 5.43 Å². The van der Waals surface area contributed by atoms with Crippen LogP contribution >= 0.6 is 0 Å². The Morgan fingerprint density at radius 2 is 2.00 bits per heavy atom. The molecule has 0 aromatic carbocycles. The quantitative estimate of drug-likeness (QED) is 0.480. The lowest BCUT2D eigenvalue weighted by Gasteiger charge is -2.27. The van der Waals surface area contributed by atoms with E-state index in [2.05, 4.69) is 26.2 Å². The first-order valence-electron chi connectivity index (χ1n) is 6.26. The third-order valence-electron chi connectivity index (χ3n) is 3.11. The van der Waals surface area contributed by atoms with Crippen molar-refractivity contribution in [2.75, 3.05) is 6.61 Å². The number of nitrogens with two attached hydrogens (primary N) is 1. The number of hydrogen-bond donors (Lipinski definition) is 2. The van der Waals surface area contributed by atoms with Crippen LogP contribution < -0.4 is 11.3 Å². The summed E-state index contributed by atoms with van der Waals surface area (Å²) in [6.07, 6.45) is 5.29. The number of hydrogen-bond acceptors (Lipinski definition) is 3. The molecule has 1 rings (SSSR count). The van der Waals surface area contributed by atoms with E-state index in [1.54, 1.807) is 0 Å². The van der Waals surface area contributed by atoms with Crippen molar-refractivity contribution in [2.24, 2.45) is 17.7 Å². The summed E-state index contributed by atoms with van der Waals surface area (Å²) in [7, 11) is 0. The summed E-state index contributed by atoms with van der Waals surface area (Å²) in [5, 5.41) is 0. The zero-order valence-electron chi connectivity index (χ0n) is 10.3. The Bertz CT molecular complexity index is 169. The maximum absolute atomic E-state index is 5.81.